The molecule has 276 valence electrons. The molecule has 1 aliphatic rings. The van der Waals surface area contributed by atoms with E-state index >= 15 is 0 Å². The maximum atomic E-state index is 12.7. The van der Waals surface area contributed by atoms with E-state index in [9.17, 15) is 14.7 Å². The SMILES string of the molecule is Nc1ccccc1NC(=O)CCCCC(=O)NCc1cccc(-c2cccc([C@H]3O[C@@H](Cn4cnc5ccccc54)C[C@@H](c4ccc(CO)cc4)O3)c2)c1. The molecule has 0 saturated carbocycles. The van der Waals surface area contributed by atoms with Crippen molar-refractivity contribution in [1.29, 1.82) is 0 Å². The van der Waals surface area contributed by atoms with Crippen molar-refractivity contribution < 1.29 is 24.2 Å². The summed E-state index contributed by atoms with van der Waals surface area (Å²) in [7, 11) is 0. The lowest BCUT2D eigenvalue weighted by Gasteiger charge is -2.36. The van der Waals surface area contributed by atoms with Crippen LogP contribution in [0.5, 0.6) is 0 Å². The topological polar surface area (TPSA) is 141 Å². The molecule has 5 aromatic carbocycles. The van der Waals surface area contributed by atoms with E-state index in [1.807, 2.05) is 85.2 Å². The zero-order valence-electron chi connectivity index (χ0n) is 30.1. The average Bonchev–Trinajstić information content (AvgIpc) is 3.62. The number of aliphatic hydroxyl groups excluding tert-OH is 1. The standard InChI is InChI=1S/C44H45N5O5/c45-37-13-1-2-14-38(37)48-43(52)18-6-5-17-42(51)46-26-31-9-7-10-33(23-31)34-11-8-12-35(24-34)44-53-36(27-49-29-47-39-15-3-4-16-40(39)49)25-41(54-44)32-21-19-30(28-50)20-22-32/h1-4,7-16,19-24,29,36,41,44,50H,5-6,17-18,25-28,45H2,(H,46,51)(H,48,52)/t36-,41+,44+/m1/s1. The van der Waals surface area contributed by atoms with E-state index in [1.165, 1.54) is 0 Å². The quantitative estimate of drug-likeness (QED) is 0.0663. The number of nitrogens with zero attached hydrogens (tertiary/aromatic N) is 2. The van der Waals surface area contributed by atoms with Crippen LogP contribution in [0.25, 0.3) is 22.2 Å². The normalized spacial score (nSPS) is 16.9. The van der Waals surface area contributed by atoms with Gasteiger partial charge in [0, 0.05) is 31.4 Å². The monoisotopic (exact) mass is 723 g/mol. The van der Waals surface area contributed by atoms with Crippen LogP contribution in [0.1, 0.15) is 66.8 Å². The Balaban J connectivity index is 0.980. The first-order chi connectivity index (χ1) is 26.4. The van der Waals surface area contributed by atoms with Gasteiger partial charge in [0.05, 0.1) is 54.1 Å². The van der Waals surface area contributed by atoms with Crippen molar-refractivity contribution in [2.75, 3.05) is 11.1 Å². The summed E-state index contributed by atoms with van der Waals surface area (Å²) >= 11 is 0. The molecular formula is C44H45N5O5. The number of anilines is 2. The Bertz CT molecular complexity index is 2200. The number of amides is 2. The Kier molecular flexibility index (Phi) is 11.7. The molecule has 2 amide bonds. The summed E-state index contributed by atoms with van der Waals surface area (Å²) in [6, 6.07) is 39.5. The van der Waals surface area contributed by atoms with Gasteiger partial charge >= 0.3 is 0 Å². The molecule has 0 bridgehead atoms. The van der Waals surface area contributed by atoms with Crippen molar-refractivity contribution in [3.05, 3.63) is 150 Å². The van der Waals surface area contributed by atoms with Crippen molar-refractivity contribution in [2.45, 2.75) is 70.3 Å². The minimum absolute atomic E-state index is 0.0117. The summed E-state index contributed by atoms with van der Waals surface area (Å²) in [5.74, 6) is -0.173. The zero-order chi connectivity index (χ0) is 37.3. The largest absolute Gasteiger partial charge is 0.397 e. The second-order valence-corrected chi connectivity index (χ2v) is 13.7. The van der Waals surface area contributed by atoms with E-state index in [1.54, 1.807) is 12.1 Å². The number of hydrogen-bond acceptors (Lipinski definition) is 7. The third kappa shape index (κ3) is 9.21. The second kappa shape index (κ2) is 17.3. The van der Waals surface area contributed by atoms with E-state index in [4.69, 9.17) is 15.2 Å². The number of carbonyl (C=O) groups excluding carboxylic acids is 2. The van der Waals surface area contributed by atoms with Crippen LogP contribution in [0, 0.1) is 0 Å². The number of hydrogen-bond donors (Lipinski definition) is 4. The molecule has 0 unspecified atom stereocenters. The highest BCUT2D eigenvalue weighted by Gasteiger charge is 2.33. The number of nitrogen functional groups attached to an aromatic ring is 1. The first-order valence-electron chi connectivity index (χ1n) is 18.4. The molecule has 6 aromatic rings. The molecular weight excluding hydrogens is 679 g/mol. The van der Waals surface area contributed by atoms with Crippen LogP contribution in [0.3, 0.4) is 0 Å². The number of aromatic nitrogens is 2. The Morgan fingerprint density at radius 2 is 1.52 bits per heavy atom. The number of nitrogens with two attached hydrogens (primary N) is 1. The lowest BCUT2D eigenvalue weighted by molar-refractivity contribution is -0.252. The smallest absolute Gasteiger partial charge is 0.224 e. The van der Waals surface area contributed by atoms with Crippen molar-refractivity contribution in [3.63, 3.8) is 0 Å². The Morgan fingerprint density at radius 1 is 0.778 bits per heavy atom. The average molecular weight is 724 g/mol. The lowest BCUT2D eigenvalue weighted by Crippen LogP contribution is -2.32. The zero-order valence-corrected chi connectivity index (χ0v) is 30.1. The van der Waals surface area contributed by atoms with Gasteiger partial charge in [0.2, 0.25) is 11.8 Å². The number of aliphatic hydroxyl groups is 1. The maximum Gasteiger partial charge on any atom is 0.224 e. The molecule has 3 atom stereocenters. The fourth-order valence-electron chi connectivity index (χ4n) is 6.82. The molecule has 2 heterocycles. The number of imidazole rings is 1. The molecule has 7 rings (SSSR count). The number of nitrogens with one attached hydrogen (secondary N) is 2. The summed E-state index contributed by atoms with van der Waals surface area (Å²) < 4.78 is 15.5. The van der Waals surface area contributed by atoms with Gasteiger partial charge in [-0.1, -0.05) is 84.9 Å². The van der Waals surface area contributed by atoms with Crippen molar-refractivity contribution >= 4 is 34.2 Å². The summed E-state index contributed by atoms with van der Waals surface area (Å²) in [6.45, 7) is 1.01. The second-order valence-electron chi connectivity index (χ2n) is 13.7. The summed E-state index contributed by atoms with van der Waals surface area (Å²) in [4.78, 5) is 29.5. The Morgan fingerprint density at radius 3 is 2.33 bits per heavy atom. The molecule has 54 heavy (non-hydrogen) atoms. The predicted octanol–water partition coefficient (Wildman–Crippen LogP) is 7.84. The van der Waals surface area contributed by atoms with Gasteiger partial charge in [-0.15, -0.1) is 0 Å². The van der Waals surface area contributed by atoms with E-state index in [-0.39, 0.29) is 30.6 Å². The molecule has 0 radical (unpaired) electrons. The molecule has 1 aromatic heterocycles. The number of benzene rings is 5. The van der Waals surface area contributed by atoms with E-state index in [2.05, 4.69) is 50.5 Å². The predicted molar refractivity (Wildman–Crippen MR) is 210 cm³/mol. The lowest BCUT2D eigenvalue weighted by atomic mass is 9.98. The number of fused-ring (bicyclic) bond motifs is 1. The van der Waals surface area contributed by atoms with Gasteiger partial charge in [0.25, 0.3) is 0 Å². The van der Waals surface area contributed by atoms with Crippen LogP contribution in [0.2, 0.25) is 0 Å². The fraction of sp³-hybridized carbons (Fsp3) is 0.250. The van der Waals surface area contributed by atoms with Gasteiger partial charge < -0.3 is 35.5 Å². The van der Waals surface area contributed by atoms with E-state index in [0.717, 1.165) is 44.4 Å². The number of ether oxygens (including phenoxy) is 2. The van der Waals surface area contributed by atoms with E-state index in [0.29, 0.717) is 56.6 Å². The molecule has 10 nitrogen and oxygen atoms in total. The molecule has 1 saturated heterocycles. The Labute approximate surface area is 315 Å². The first-order valence-corrected chi connectivity index (χ1v) is 18.4. The molecule has 1 fully saturated rings. The fourth-order valence-corrected chi connectivity index (χ4v) is 6.82. The van der Waals surface area contributed by atoms with Crippen LogP contribution in [0.4, 0.5) is 11.4 Å². The highest BCUT2D eigenvalue weighted by molar-refractivity contribution is 5.93. The van der Waals surface area contributed by atoms with Gasteiger partial charge in [-0.2, -0.15) is 0 Å². The summed E-state index contributed by atoms with van der Waals surface area (Å²) in [5.41, 5.74) is 14.8. The van der Waals surface area contributed by atoms with Crippen molar-refractivity contribution in [1.82, 2.24) is 14.9 Å². The minimum Gasteiger partial charge on any atom is -0.397 e. The van der Waals surface area contributed by atoms with E-state index < -0.39 is 6.29 Å². The third-order valence-corrected chi connectivity index (χ3v) is 9.74. The molecule has 10 heteroatoms. The van der Waals surface area contributed by atoms with Gasteiger partial charge in [0.1, 0.15) is 0 Å². The van der Waals surface area contributed by atoms with Crippen molar-refractivity contribution in [2.24, 2.45) is 0 Å². The maximum absolute atomic E-state index is 12.7. The van der Waals surface area contributed by atoms with Gasteiger partial charge in [0.15, 0.2) is 6.29 Å². The van der Waals surface area contributed by atoms with Crippen LogP contribution in [-0.2, 0) is 38.8 Å². The number of para-hydroxylation sites is 4. The van der Waals surface area contributed by atoms with Gasteiger partial charge in [-0.05, 0) is 77.1 Å². The highest BCUT2D eigenvalue weighted by Crippen LogP contribution is 2.39. The van der Waals surface area contributed by atoms with Crippen LogP contribution >= 0.6 is 0 Å². The first kappa shape index (κ1) is 36.5. The summed E-state index contributed by atoms with van der Waals surface area (Å²) in [5, 5.41) is 15.4. The van der Waals surface area contributed by atoms with Crippen LogP contribution in [-0.4, -0.2) is 32.6 Å². The molecule has 5 N–H and O–H groups in total. The number of rotatable bonds is 14. The molecule has 1 aliphatic heterocycles. The summed E-state index contributed by atoms with van der Waals surface area (Å²) in [6.07, 6.45) is 3.43. The third-order valence-electron chi connectivity index (χ3n) is 9.74. The van der Waals surface area contributed by atoms with Crippen LogP contribution in [0.15, 0.2) is 128 Å². The number of carbonyl (C=O) groups is 2. The molecule has 0 spiro atoms. The highest BCUT2D eigenvalue weighted by atomic mass is 16.7. The van der Waals surface area contributed by atoms with Gasteiger partial charge in [-0.3, -0.25) is 9.59 Å². The minimum atomic E-state index is -0.606. The van der Waals surface area contributed by atoms with Crippen molar-refractivity contribution in [3.8, 4) is 11.1 Å². The Hall–Kier alpha value is -5.81. The molecule has 0 aliphatic carbocycles. The number of unbranched alkanes of at least 4 members (excludes halogenated alkanes) is 1. The van der Waals surface area contributed by atoms with Crippen LogP contribution < -0.4 is 16.4 Å². The van der Waals surface area contributed by atoms with Gasteiger partial charge in [-0.25, -0.2) is 4.98 Å².